The highest BCUT2D eigenvalue weighted by Gasteiger charge is 2.16. The highest BCUT2D eigenvalue weighted by molar-refractivity contribution is 4.72. The molecular weight excluding hydrogens is 210 g/mol. The van der Waals surface area contributed by atoms with Gasteiger partial charge in [0.15, 0.2) is 0 Å². The highest BCUT2D eigenvalue weighted by atomic mass is 15.2. The third kappa shape index (κ3) is 7.02. The van der Waals surface area contributed by atoms with Crippen molar-refractivity contribution < 1.29 is 0 Å². The fourth-order valence-corrected chi connectivity index (χ4v) is 2.50. The van der Waals surface area contributed by atoms with Crippen molar-refractivity contribution in [2.24, 2.45) is 0 Å². The summed E-state index contributed by atoms with van der Waals surface area (Å²) in [7, 11) is 0. The zero-order chi connectivity index (χ0) is 12.3. The van der Waals surface area contributed by atoms with Crippen LogP contribution in [0.5, 0.6) is 0 Å². The van der Waals surface area contributed by atoms with Gasteiger partial charge in [-0.3, -0.25) is 0 Å². The molecule has 0 aromatic carbocycles. The van der Waals surface area contributed by atoms with Crippen molar-refractivity contribution in [3.8, 4) is 0 Å². The number of rotatable bonds is 9. The molecule has 1 rings (SSSR count). The number of nitrogens with one attached hydrogen (secondary N) is 2. The van der Waals surface area contributed by atoms with Crippen LogP contribution in [0, 0.1) is 0 Å². The average Bonchev–Trinajstić information content (AvgIpc) is 2.35. The molecule has 1 saturated heterocycles. The Morgan fingerprint density at radius 3 is 2.53 bits per heavy atom. The SMILES string of the molecule is CCCNCCNCCCN1CCCCC1C. The molecule has 1 heterocycles. The zero-order valence-corrected chi connectivity index (χ0v) is 11.8. The minimum atomic E-state index is 0.815. The number of hydrogen-bond donors (Lipinski definition) is 2. The average molecular weight is 241 g/mol. The monoisotopic (exact) mass is 241 g/mol. The molecule has 2 N–H and O–H groups in total. The van der Waals surface area contributed by atoms with Gasteiger partial charge in [-0.15, -0.1) is 0 Å². The van der Waals surface area contributed by atoms with Crippen LogP contribution >= 0.6 is 0 Å². The Morgan fingerprint density at radius 1 is 1.06 bits per heavy atom. The van der Waals surface area contributed by atoms with Gasteiger partial charge in [0, 0.05) is 19.1 Å². The van der Waals surface area contributed by atoms with E-state index in [0.29, 0.717) is 0 Å². The summed E-state index contributed by atoms with van der Waals surface area (Å²) >= 11 is 0. The molecule has 102 valence electrons. The maximum absolute atomic E-state index is 3.51. The van der Waals surface area contributed by atoms with E-state index in [1.54, 1.807) is 0 Å². The molecule has 3 heteroatoms. The van der Waals surface area contributed by atoms with Crippen molar-refractivity contribution in [2.45, 2.75) is 52.0 Å². The second-order valence-electron chi connectivity index (χ2n) is 5.23. The molecule has 0 aromatic rings. The van der Waals surface area contributed by atoms with Gasteiger partial charge in [0.2, 0.25) is 0 Å². The van der Waals surface area contributed by atoms with Crippen molar-refractivity contribution in [3.63, 3.8) is 0 Å². The van der Waals surface area contributed by atoms with Crippen LogP contribution in [0.25, 0.3) is 0 Å². The summed E-state index contributed by atoms with van der Waals surface area (Å²) in [6.45, 7) is 11.7. The summed E-state index contributed by atoms with van der Waals surface area (Å²) < 4.78 is 0. The Bertz CT molecular complexity index is 173. The van der Waals surface area contributed by atoms with E-state index in [4.69, 9.17) is 0 Å². The summed E-state index contributed by atoms with van der Waals surface area (Å²) in [6.07, 6.45) is 6.75. The first-order valence-electron chi connectivity index (χ1n) is 7.50. The molecule has 0 spiro atoms. The highest BCUT2D eigenvalue weighted by Crippen LogP contribution is 2.15. The summed E-state index contributed by atoms with van der Waals surface area (Å²) in [5, 5.41) is 6.92. The Labute approximate surface area is 107 Å². The Hall–Kier alpha value is -0.120. The van der Waals surface area contributed by atoms with E-state index in [9.17, 15) is 0 Å². The van der Waals surface area contributed by atoms with Crippen LogP contribution in [-0.2, 0) is 0 Å². The van der Waals surface area contributed by atoms with Crippen LogP contribution < -0.4 is 10.6 Å². The lowest BCUT2D eigenvalue weighted by Gasteiger charge is -2.33. The zero-order valence-electron chi connectivity index (χ0n) is 11.8. The molecule has 1 fully saturated rings. The smallest absolute Gasteiger partial charge is 0.00767 e. The molecule has 0 saturated carbocycles. The first-order chi connectivity index (χ1) is 8.34. The van der Waals surface area contributed by atoms with E-state index < -0.39 is 0 Å². The summed E-state index contributed by atoms with van der Waals surface area (Å²) in [5.41, 5.74) is 0. The maximum Gasteiger partial charge on any atom is 0.00767 e. The lowest BCUT2D eigenvalue weighted by atomic mass is 10.0. The molecule has 0 aliphatic carbocycles. The van der Waals surface area contributed by atoms with Gasteiger partial charge in [0.25, 0.3) is 0 Å². The molecule has 0 amide bonds. The molecule has 1 unspecified atom stereocenters. The molecule has 0 radical (unpaired) electrons. The van der Waals surface area contributed by atoms with Crippen LogP contribution in [-0.4, -0.2) is 50.2 Å². The van der Waals surface area contributed by atoms with Gasteiger partial charge in [0.05, 0.1) is 0 Å². The Morgan fingerprint density at radius 2 is 1.82 bits per heavy atom. The van der Waals surface area contributed by atoms with Gasteiger partial charge in [-0.05, 0) is 58.8 Å². The molecule has 3 nitrogen and oxygen atoms in total. The second kappa shape index (κ2) is 9.86. The third-order valence-corrected chi connectivity index (χ3v) is 3.64. The topological polar surface area (TPSA) is 27.3 Å². The van der Waals surface area contributed by atoms with E-state index in [1.165, 1.54) is 45.2 Å². The molecule has 17 heavy (non-hydrogen) atoms. The summed E-state index contributed by atoms with van der Waals surface area (Å²) in [5.74, 6) is 0. The van der Waals surface area contributed by atoms with Gasteiger partial charge in [0.1, 0.15) is 0 Å². The van der Waals surface area contributed by atoms with Crippen LogP contribution in [0.2, 0.25) is 0 Å². The van der Waals surface area contributed by atoms with Crippen molar-refractivity contribution in [1.29, 1.82) is 0 Å². The van der Waals surface area contributed by atoms with Crippen LogP contribution in [0.3, 0.4) is 0 Å². The van der Waals surface area contributed by atoms with Crippen molar-refractivity contribution in [3.05, 3.63) is 0 Å². The predicted molar refractivity (Wildman–Crippen MR) is 75.5 cm³/mol. The van der Waals surface area contributed by atoms with Gasteiger partial charge in [-0.1, -0.05) is 13.3 Å². The predicted octanol–water partition coefficient (Wildman–Crippen LogP) is 1.84. The fraction of sp³-hybridized carbons (Fsp3) is 1.00. The van der Waals surface area contributed by atoms with Gasteiger partial charge in [-0.2, -0.15) is 0 Å². The number of nitrogens with zero attached hydrogens (tertiary/aromatic N) is 1. The summed E-state index contributed by atoms with van der Waals surface area (Å²) in [4.78, 5) is 2.65. The Balaban J connectivity index is 1.86. The van der Waals surface area contributed by atoms with Crippen molar-refractivity contribution >= 4 is 0 Å². The molecule has 1 aliphatic heterocycles. The van der Waals surface area contributed by atoms with Crippen molar-refractivity contribution in [1.82, 2.24) is 15.5 Å². The van der Waals surface area contributed by atoms with E-state index in [0.717, 1.165) is 32.2 Å². The fourth-order valence-electron chi connectivity index (χ4n) is 2.50. The van der Waals surface area contributed by atoms with Crippen molar-refractivity contribution in [2.75, 3.05) is 39.3 Å². The minimum Gasteiger partial charge on any atom is -0.315 e. The molecule has 1 aliphatic rings. The number of piperidine rings is 1. The molecule has 1 atom stereocenters. The van der Waals surface area contributed by atoms with Gasteiger partial charge in [-0.25, -0.2) is 0 Å². The normalized spacial score (nSPS) is 21.9. The maximum atomic E-state index is 3.51. The standard InChI is InChI=1S/C14H31N3/c1-3-8-15-10-11-16-9-6-13-17-12-5-4-7-14(17)2/h14-16H,3-13H2,1-2H3. The lowest BCUT2D eigenvalue weighted by Crippen LogP contribution is -2.39. The minimum absolute atomic E-state index is 0.815. The molecule has 0 aromatic heterocycles. The van der Waals surface area contributed by atoms with E-state index >= 15 is 0 Å². The van der Waals surface area contributed by atoms with Crippen LogP contribution in [0.1, 0.15) is 46.0 Å². The van der Waals surface area contributed by atoms with Crippen LogP contribution in [0.15, 0.2) is 0 Å². The Kier molecular flexibility index (Phi) is 8.67. The first-order valence-corrected chi connectivity index (χ1v) is 7.50. The number of likely N-dealkylation sites (tertiary alicyclic amines) is 1. The largest absolute Gasteiger partial charge is 0.315 e. The first kappa shape index (κ1) is 14.9. The third-order valence-electron chi connectivity index (χ3n) is 3.64. The lowest BCUT2D eigenvalue weighted by molar-refractivity contribution is 0.159. The van der Waals surface area contributed by atoms with E-state index in [2.05, 4.69) is 29.4 Å². The quantitative estimate of drug-likeness (QED) is 0.603. The van der Waals surface area contributed by atoms with Gasteiger partial charge >= 0.3 is 0 Å². The molecular formula is C14H31N3. The van der Waals surface area contributed by atoms with E-state index in [-0.39, 0.29) is 0 Å². The van der Waals surface area contributed by atoms with E-state index in [1.807, 2.05) is 0 Å². The number of hydrogen-bond acceptors (Lipinski definition) is 3. The van der Waals surface area contributed by atoms with Crippen LogP contribution in [0.4, 0.5) is 0 Å². The van der Waals surface area contributed by atoms with Gasteiger partial charge < -0.3 is 15.5 Å². The second-order valence-corrected chi connectivity index (χ2v) is 5.23. The molecule has 0 bridgehead atoms. The summed E-state index contributed by atoms with van der Waals surface area (Å²) in [6, 6.07) is 0.815.